The molecule has 0 spiro atoms. The first-order chi connectivity index (χ1) is 16.6. The molecule has 36 heavy (non-hydrogen) atoms. The standard InChI is InChI=1S/C31H40O5/c1-18-20-8-9-23-29(5,21(20)16-22(33)25(18)36-19(2)32)13-15-31(7)24-17-28(4,26(34)35)11-10-27(24,3)12-14-30(23,31)6/h8-9,16,24H,10-15,17H2,1-7H3,(H,34,35)/t24-,27-,28-,29+,30-,31+/m1/s1. The lowest BCUT2D eigenvalue weighted by atomic mass is 9.34. The second-order valence-corrected chi connectivity index (χ2v) is 13.5. The van der Waals surface area contributed by atoms with Gasteiger partial charge in [0.2, 0.25) is 5.78 Å². The lowest BCUT2D eigenvalue weighted by molar-refractivity contribution is -0.178. The molecule has 5 nitrogen and oxygen atoms in total. The molecule has 6 atom stereocenters. The zero-order valence-electron chi connectivity index (χ0n) is 22.8. The number of ketones is 1. The van der Waals surface area contributed by atoms with Crippen molar-refractivity contribution in [2.24, 2.45) is 33.0 Å². The van der Waals surface area contributed by atoms with Crippen molar-refractivity contribution in [3.05, 3.63) is 46.3 Å². The average molecular weight is 493 g/mol. The van der Waals surface area contributed by atoms with E-state index in [1.165, 1.54) is 12.5 Å². The number of carbonyl (C=O) groups excluding carboxylic acids is 2. The van der Waals surface area contributed by atoms with Gasteiger partial charge in [-0.1, -0.05) is 45.4 Å². The molecule has 3 fully saturated rings. The van der Waals surface area contributed by atoms with E-state index in [4.69, 9.17) is 4.74 Å². The van der Waals surface area contributed by atoms with Crippen LogP contribution in [0.4, 0.5) is 0 Å². The molecular formula is C31H40O5. The van der Waals surface area contributed by atoms with E-state index in [1.54, 1.807) is 6.08 Å². The van der Waals surface area contributed by atoms with Gasteiger partial charge in [-0.2, -0.15) is 0 Å². The number of fused-ring (bicyclic) bond motifs is 7. The van der Waals surface area contributed by atoms with E-state index in [0.29, 0.717) is 5.92 Å². The van der Waals surface area contributed by atoms with E-state index in [-0.39, 0.29) is 33.2 Å². The Kier molecular flexibility index (Phi) is 5.29. The molecule has 5 heteroatoms. The maximum absolute atomic E-state index is 13.1. The SMILES string of the molecule is CC(=O)OC1=C(C)C2=CC=C3[C@@](C)(CC[C@@]4(C)[C@@H]5C[C@](C)(C(=O)O)CC[C@]5(C)CC[C@]34C)C2=CC1=O. The van der Waals surface area contributed by atoms with Gasteiger partial charge in [0.05, 0.1) is 5.41 Å². The van der Waals surface area contributed by atoms with Crippen LogP contribution in [0.2, 0.25) is 0 Å². The molecule has 3 saturated carbocycles. The Labute approximate surface area is 214 Å². The molecule has 0 amide bonds. The largest absolute Gasteiger partial charge is 0.481 e. The van der Waals surface area contributed by atoms with Gasteiger partial charge >= 0.3 is 11.9 Å². The Morgan fingerprint density at radius 3 is 2.28 bits per heavy atom. The summed E-state index contributed by atoms with van der Waals surface area (Å²) >= 11 is 0. The predicted octanol–water partition coefficient (Wildman–Crippen LogP) is 6.70. The maximum atomic E-state index is 13.1. The monoisotopic (exact) mass is 492 g/mol. The number of hydrogen-bond acceptors (Lipinski definition) is 4. The Balaban J connectivity index is 1.62. The quantitative estimate of drug-likeness (QED) is 0.434. The molecule has 0 aromatic heterocycles. The van der Waals surface area contributed by atoms with Crippen molar-refractivity contribution in [3.63, 3.8) is 0 Å². The Hall–Kier alpha value is -2.43. The van der Waals surface area contributed by atoms with E-state index in [0.717, 1.165) is 61.7 Å². The number of esters is 1. The zero-order chi connectivity index (χ0) is 26.5. The molecule has 0 heterocycles. The molecule has 0 aliphatic heterocycles. The Morgan fingerprint density at radius 1 is 0.972 bits per heavy atom. The molecule has 194 valence electrons. The summed E-state index contributed by atoms with van der Waals surface area (Å²) in [5, 5.41) is 10.1. The smallest absolute Gasteiger partial charge is 0.309 e. The third kappa shape index (κ3) is 3.10. The predicted molar refractivity (Wildman–Crippen MR) is 138 cm³/mol. The van der Waals surface area contributed by atoms with E-state index >= 15 is 0 Å². The second-order valence-electron chi connectivity index (χ2n) is 13.5. The van der Waals surface area contributed by atoms with Gasteiger partial charge in [0.1, 0.15) is 0 Å². The first-order valence-corrected chi connectivity index (χ1v) is 13.4. The van der Waals surface area contributed by atoms with Crippen LogP contribution in [0.25, 0.3) is 0 Å². The fourth-order valence-electron chi connectivity index (χ4n) is 8.91. The number of allylic oxidation sites excluding steroid dienone is 7. The number of ether oxygens (including phenoxy) is 1. The first kappa shape index (κ1) is 25.2. The van der Waals surface area contributed by atoms with Crippen LogP contribution in [0.15, 0.2) is 46.3 Å². The number of carbonyl (C=O) groups is 3. The van der Waals surface area contributed by atoms with Crippen LogP contribution in [-0.4, -0.2) is 22.8 Å². The minimum atomic E-state index is -0.673. The van der Waals surface area contributed by atoms with E-state index in [9.17, 15) is 19.5 Å². The van der Waals surface area contributed by atoms with E-state index in [2.05, 4.69) is 39.8 Å². The van der Waals surface area contributed by atoms with Gasteiger partial charge < -0.3 is 9.84 Å². The first-order valence-electron chi connectivity index (χ1n) is 13.4. The number of hydrogen-bond donors (Lipinski definition) is 1. The van der Waals surface area contributed by atoms with Crippen molar-refractivity contribution in [2.75, 3.05) is 0 Å². The normalized spacial score (nSPS) is 43.7. The third-order valence-electron chi connectivity index (χ3n) is 11.6. The van der Waals surface area contributed by atoms with Crippen molar-refractivity contribution in [1.82, 2.24) is 0 Å². The van der Waals surface area contributed by atoms with Gasteiger partial charge in [-0.05, 0) is 98.2 Å². The molecule has 0 radical (unpaired) electrons. The molecule has 0 aromatic rings. The van der Waals surface area contributed by atoms with Gasteiger partial charge in [-0.25, -0.2) is 0 Å². The molecule has 0 saturated heterocycles. The molecule has 0 bridgehead atoms. The summed E-state index contributed by atoms with van der Waals surface area (Å²) in [6, 6.07) is 0. The summed E-state index contributed by atoms with van der Waals surface area (Å²) in [5.41, 5.74) is 3.20. The van der Waals surface area contributed by atoms with Crippen LogP contribution in [-0.2, 0) is 19.1 Å². The number of carboxylic acids is 1. The van der Waals surface area contributed by atoms with Crippen molar-refractivity contribution < 1.29 is 24.2 Å². The maximum Gasteiger partial charge on any atom is 0.309 e. The van der Waals surface area contributed by atoms with Crippen LogP contribution in [0.5, 0.6) is 0 Å². The summed E-state index contributed by atoms with van der Waals surface area (Å²) in [6.45, 7) is 14.6. The number of carboxylic acid groups (broad SMARTS) is 1. The van der Waals surface area contributed by atoms with E-state index < -0.39 is 17.4 Å². The summed E-state index contributed by atoms with van der Waals surface area (Å²) in [5.74, 6) is -0.929. The summed E-state index contributed by atoms with van der Waals surface area (Å²) in [7, 11) is 0. The van der Waals surface area contributed by atoms with Gasteiger partial charge in [0.15, 0.2) is 5.76 Å². The topological polar surface area (TPSA) is 80.7 Å². The zero-order valence-corrected chi connectivity index (χ0v) is 22.8. The van der Waals surface area contributed by atoms with Gasteiger partial charge in [0, 0.05) is 17.9 Å². The molecule has 5 rings (SSSR count). The van der Waals surface area contributed by atoms with Gasteiger partial charge in [-0.3, -0.25) is 14.4 Å². The number of rotatable bonds is 2. The van der Waals surface area contributed by atoms with Crippen molar-refractivity contribution in [2.45, 2.75) is 93.4 Å². The number of aliphatic carboxylic acids is 1. The lowest BCUT2D eigenvalue weighted by Crippen LogP contribution is -2.62. The van der Waals surface area contributed by atoms with Crippen LogP contribution < -0.4 is 0 Å². The van der Waals surface area contributed by atoms with Crippen LogP contribution in [0, 0.1) is 33.0 Å². The summed E-state index contributed by atoms with van der Waals surface area (Å²) in [4.78, 5) is 37.0. The minimum absolute atomic E-state index is 0.0269. The minimum Gasteiger partial charge on any atom is -0.481 e. The van der Waals surface area contributed by atoms with E-state index in [1.807, 2.05) is 13.8 Å². The average Bonchev–Trinajstić information content (AvgIpc) is 2.80. The van der Waals surface area contributed by atoms with Crippen LogP contribution >= 0.6 is 0 Å². The Bertz CT molecular complexity index is 1220. The Morgan fingerprint density at radius 2 is 1.64 bits per heavy atom. The van der Waals surface area contributed by atoms with Crippen molar-refractivity contribution in [1.29, 1.82) is 0 Å². The van der Waals surface area contributed by atoms with Crippen molar-refractivity contribution in [3.8, 4) is 0 Å². The molecule has 0 unspecified atom stereocenters. The lowest BCUT2D eigenvalue weighted by Gasteiger charge is -2.70. The summed E-state index contributed by atoms with van der Waals surface area (Å²) < 4.78 is 5.30. The highest BCUT2D eigenvalue weighted by atomic mass is 16.5. The molecule has 5 aliphatic rings. The molecular weight excluding hydrogens is 452 g/mol. The summed E-state index contributed by atoms with van der Waals surface area (Å²) in [6.07, 6.45) is 12.6. The highest BCUT2D eigenvalue weighted by molar-refractivity contribution is 6.08. The molecule has 5 aliphatic carbocycles. The molecule has 0 aromatic carbocycles. The van der Waals surface area contributed by atoms with Crippen molar-refractivity contribution >= 4 is 17.7 Å². The highest BCUT2D eigenvalue weighted by Crippen LogP contribution is 2.75. The third-order valence-corrected chi connectivity index (χ3v) is 11.6. The fraction of sp³-hybridized carbons (Fsp3) is 0.645. The highest BCUT2D eigenvalue weighted by Gasteiger charge is 2.67. The van der Waals surface area contributed by atoms with Gasteiger partial charge in [-0.15, -0.1) is 0 Å². The molecule has 1 N–H and O–H groups in total. The van der Waals surface area contributed by atoms with Gasteiger partial charge in [0.25, 0.3) is 0 Å². The van der Waals surface area contributed by atoms with Crippen LogP contribution in [0.1, 0.15) is 93.4 Å². The van der Waals surface area contributed by atoms with Crippen LogP contribution in [0.3, 0.4) is 0 Å². The fourth-order valence-corrected chi connectivity index (χ4v) is 8.91. The second kappa shape index (κ2) is 7.55.